The Morgan fingerprint density at radius 1 is 1.24 bits per heavy atom. The molecule has 17 heavy (non-hydrogen) atoms. The summed E-state index contributed by atoms with van der Waals surface area (Å²) in [6, 6.07) is 10.4. The summed E-state index contributed by atoms with van der Waals surface area (Å²) in [4.78, 5) is 6.03. The summed E-state index contributed by atoms with van der Waals surface area (Å²) in [6.45, 7) is 6.26. The first kappa shape index (κ1) is 12.3. The molecule has 0 fully saturated rings. The fourth-order valence-corrected chi connectivity index (χ4v) is 2.80. The number of aryl methyl sites for hydroxylation is 1. The van der Waals surface area contributed by atoms with Gasteiger partial charge in [-0.15, -0.1) is 11.3 Å². The van der Waals surface area contributed by atoms with Gasteiger partial charge in [-0.05, 0) is 19.9 Å². The van der Waals surface area contributed by atoms with E-state index in [2.05, 4.69) is 48.4 Å². The van der Waals surface area contributed by atoms with Gasteiger partial charge in [-0.3, -0.25) is 0 Å². The Balaban J connectivity index is 2.22. The van der Waals surface area contributed by atoms with Crippen LogP contribution in [0.15, 0.2) is 30.3 Å². The molecule has 2 rings (SSSR count). The predicted molar refractivity (Wildman–Crippen MR) is 74.5 cm³/mol. The van der Waals surface area contributed by atoms with Gasteiger partial charge in [-0.1, -0.05) is 37.3 Å². The van der Waals surface area contributed by atoms with Crippen LogP contribution in [0.2, 0.25) is 0 Å². The predicted octanol–water partition coefficient (Wildman–Crippen LogP) is 3.27. The van der Waals surface area contributed by atoms with Crippen molar-refractivity contribution in [1.82, 2.24) is 10.3 Å². The van der Waals surface area contributed by atoms with Gasteiger partial charge in [0.25, 0.3) is 0 Å². The highest BCUT2D eigenvalue weighted by Crippen LogP contribution is 2.27. The van der Waals surface area contributed by atoms with Gasteiger partial charge in [0, 0.05) is 17.0 Å². The highest BCUT2D eigenvalue weighted by Gasteiger charge is 2.10. The maximum Gasteiger partial charge on any atom is 0.0904 e. The van der Waals surface area contributed by atoms with E-state index in [1.807, 2.05) is 17.4 Å². The van der Waals surface area contributed by atoms with Crippen molar-refractivity contribution in [2.24, 2.45) is 0 Å². The molecule has 0 radical (unpaired) electrons. The van der Waals surface area contributed by atoms with Crippen LogP contribution in [-0.4, -0.2) is 18.1 Å². The maximum atomic E-state index is 4.65. The Hall–Kier alpha value is -1.19. The quantitative estimate of drug-likeness (QED) is 0.819. The van der Waals surface area contributed by atoms with Crippen LogP contribution in [-0.2, 0) is 6.42 Å². The number of likely N-dealkylation sites (N-methyl/N-ethyl adjacent to an activating group) is 1. The highest BCUT2D eigenvalue weighted by molar-refractivity contribution is 7.12. The van der Waals surface area contributed by atoms with Crippen molar-refractivity contribution in [1.29, 1.82) is 0 Å². The summed E-state index contributed by atoms with van der Waals surface area (Å²) in [5.74, 6) is 0. The van der Waals surface area contributed by atoms with Crippen molar-refractivity contribution in [2.75, 3.05) is 13.1 Å². The molecule has 0 aliphatic rings. The third-order valence-corrected chi connectivity index (χ3v) is 3.66. The lowest BCUT2D eigenvalue weighted by Crippen LogP contribution is -2.15. The molecule has 0 bridgehead atoms. The molecule has 1 N–H and O–H groups in total. The Morgan fingerprint density at radius 3 is 2.71 bits per heavy atom. The summed E-state index contributed by atoms with van der Waals surface area (Å²) in [5, 5.41) is 4.51. The number of thiazole rings is 1. The van der Waals surface area contributed by atoms with Crippen molar-refractivity contribution in [3.63, 3.8) is 0 Å². The molecular formula is C14H18N2S. The van der Waals surface area contributed by atoms with Crippen LogP contribution < -0.4 is 5.32 Å². The number of nitrogens with zero attached hydrogens (tertiary/aromatic N) is 1. The fourth-order valence-electron chi connectivity index (χ4n) is 1.84. The Kier molecular flexibility index (Phi) is 4.29. The molecule has 1 aromatic heterocycles. The number of nitrogens with one attached hydrogen (secondary N) is 1. The minimum atomic E-state index is 1.03. The zero-order valence-electron chi connectivity index (χ0n) is 10.4. The van der Waals surface area contributed by atoms with E-state index in [1.165, 1.54) is 10.4 Å². The summed E-state index contributed by atoms with van der Waals surface area (Å²) in [5.41, 5.74) is 2.38. The minimum Gasteiger partial charge on any atom is -0.317 e. The van der Waals surface area contributed by atoms with Gasteiger partial charge in [0.15, 0.2) is 0 Å². The average Bonchev–Trinajstić information content (AvgIpc) is 2.72. The van der Waals surface area contributed by atoms with Crippen molar-refractivity contribution >= 4 is 11.3 Å². The van der Waals surface area contributed by atoms with Gasteiger partial charge in [-0.2, -0.15) is 0 Å². The number of hydrogen-bond acceptors (Lipinski definition) is 3. The molecule has 0 saturated carbocycles. The van der Waals surface area contributed by atoms with Crippen LogP contribution in [0.4, 0.5) is 0 Å². The van der Waals surface area contributed by atoms with Gasteiger partial charge in [-0.25, -0.2) is 4.98 Å². The maximum absolute atomic E-state index is 4.65. The second-order valence-corrected chi connectivity index (χ2v) is 5.26. The zero-order chi connectivity index (χ0) is 12.1. The van der Waals surface area contributed by atoms with E-state index in [9.17, 15) is 0 Å². The second-order valence-electron chi connectivity index (χ2n) is 3.97. The van der Waals surface area contributed by atoms with Gasteiger partial charge in [0.2, 0.25) is 0 Å². The summed E-state index contributed by atoms with van der Waals surface area (Å²) in [7, 11) is 0. The van der Waals surface area contributed by atoms with E-state index in [0.717, 1.165) is 30.2 Å². The molecule has 3 heteroatoms. The highest BCUT2D eigenvalue weighted by atomic mass is 32.1. The largest absolute Gasteiger partial charge is 0.317 e. The molecule has 0 unspecified atom stereocenters. The van der Waals surface area contributed by atoms with E-state index >= 15 is 0 Å². The van der Waals surface area contributed by atoms with Crippen molar-refractivity contribution < 1.29 is 0 Å². The number of rotatable bonds is 5. The number of benzene rings is 1. The molecule has 0 aliphatic heterocycles. The fraction of sp³-hybridized carbons (Fsp3) is 0.357. The van der Waals surface area contributed by atoms with Gasteiger partial charge < -0.3 is 5.32 Å². The smallest absolute Gasteiger partial charge is 0.0904 e. The molecule has 1 heterocycles. The summed E-state index contributed by atoms with van der Waals surface area (Å²) < 4.78 is 0. The second kappa shape index (κ2) is 5.94. The number of aromatic nitrogens is 1. The normalized spacial score (nSPS) is 10.7. The van der Waals surface area contributed by atoms with E-state index in [0.29, 0.717) is 0 Å². The Bertz CT molecular complexity index is 462. The van der Waals surface area contributed by atoms with E-state index in [4.69, 9.17) is 0 Å². The standard InChI is InChI=1S/C14H18N2S/c1-3-15-10-9-13-14(16-11(2)17-13)12-7-5-4-6-8-12/h4-8,15H,3,9-10H2,1-2H3. The molecular weight excluding hydrogens is 228 g/mol. The zero-order valence-corrected chi connectivity index (χ0v) is 11.2. The van der Waals surface area contributed by atoms with Crippen LogP contribution in [0.5, 0.6) is 0 Å². The van der Waals surface area contributed by atoms with Crippen LogP contribution >= 0.6 is 11.3 Å². The van der Waals surface area contributed by atoms with Gasteiger partial charge in [0.1, 0.15) is 0 Å². The van der Waals surface area contributed by atoms with Crippen molar-refractivity contribution in [2.45, 2.75) is 20.3 Å². The molecule has 0 atom stereocenters. The van der Waals surface area contributed by atoms with Crippen LogP contribution in [0.3, 0.4) is 0 Å². The summed E-state index contributed by atoms with van der Waals surface area (Å²) in [6.07, 6.45) is 1.06. The molecule has 2 nitrogen and oxygen atoms in total. The van der Waals surface area contributed by atoms with Gasteiger partial charge >= 0.3 is 0 Å². The SMILES string of the molecule is CCNCCc1sc(C)nc1-c1ccccc1. The first-order chi connectivity index (χ1) is 8.31. The van der Waals surface area contributed by atoms with Crippen LogP contribution in [0, 0.1) is 6.92 Å². The first-order valence-electron chi connectivity index (χ1n) is 6.03. The number of hydrogen-bond donors (Lipinski definition) is 1. The Morgan fingerprint density at radius 2 is 2.00 bits per heavy atom. The van der Waals surface area contributed by atoms with Crippen molar-refractivity contribution in [3.05, 3.63) is 40.2 Å². The third kappa shape index (κ3) is 3.14. The van der Waals surface area contributed by atoms with E-state index in [1.54, 1.807) is 0 Å². The minimum absolute atomic E-state index is 1.03. The summed E-state index contributed by atoms with van der Waals surface area (Å²) >= 11 is 1.81. The third-order valence-electron chi connectivity index (χ3n) is 2.63. The van der Waals surface area contributed by atoms with Crippen molar-refractivity contribution in [3.8, 4) is 11.3 Å². The lowest BCUT2D eigenvalue weighted by Gasteiger charge is -2.03. The average molecular weight is 246 g/mol. The molecule has 90 valence electrons. The van der Waals surface area contributed by atoms with Gasteiger partial charge in [0.05, 0.1) is 10.7 Å². The lowest BCUT2D eigenvalue weighted by molar-refractivity contribution is 0.721. The van der Waals surface area contributed by atoms with Crippen LogP contribution in [0.1, 0.15) is 16.8 Å². The Labute approximate surface area is 107 Å². The van der Waals surface area contributed by atoms with E-state index < -0.39 is 0 Å². The molecule has 0 aliphatic carbocycles. The topological polar surface area (TPSA) is 24.9 Å². The van der Waals surface area contributed by atoms with Crippen LogP contribution in [0.25, 0.3) is 11.3 Å². The molecule has 0 saturated heterocycles. The molecule has 0 spiro atoms. The molecule has 1 aromatic carbocycles. The first-order valence-corrected chi connectivity index (χ1v) is 6.85. The molecule has 2 aromatic rings. The molecule has 0 amide bonds. The monoisotopic (exact) mass is 246 g/mol. The lowest BCUT2D eigenvalue weighted by atomic mass is 10.1. The van der Waals surface area contributed by atoms with E-state index in [-0.39, 0.29) is 0 Å².